The lowest BCUT2D eigenvalue weighted by Gasteiger charge is -2.26. The molecule has 134 valence electrons. The van der Waals surface area contributed by atoms with E-state index in [9.17, 15) is 0 Å². The summed E-state index contributed by atoms with van der Waals surface area (Å²) in [6.07, 6.45) is 7.73. The van der Waals surface area contributed by atoms with Crippen LogP contribution in [0.25, 0.3) is 0 Å². The standard InChI is InChI=1S/C17H30N6O/c18-15-16(19-6-5-7-22-10-12-24-13-11-22)20-14-21-17(15)23-8-3-1-2-4-9-23/h14H,1-13,18H2,(H,19,20,21). The molecule has 0 amide bonds. The van der Waals surface area contributed by atoms with Gasteiger partial charge in [0, 0.05) is 32.7 Å². The number of nitrogens with zero attached hydrogens (tertiary/aromatic N) is 4. The molecule has 7 nitrogen and oxygen atoms in total. The first kappa shape index (κ1) is 17.2. The van der Waals surface area contributed by atoms with E-state index in [0.29, 0.717) is 5.69 Å². The summed E-state index contributed by atoms with van der Waals surface area (Å²) in [5.74, 6) is 1.66. The van der Waals surface area contributed by atoms with Gasteiger partial charge in [-0.05, 0) is 25.8 Å². The number of morpholine rings is 1. The molecule has 0 atom stereocenters. The van der Waals surface area contributed by atoms with Gasteiger partial charge < -0.3 is 20.7 Å². The molecule has 7 heteroatoms. The molecule has 3 heterocycles. The summed E-state index contributed by atoms with van der Waals surface area (Å²) in [7, 11) is 0. The molecular weight excluding hydrogens is 304 g/mol. The van der Waals surface area contributed by atoms with Crippen molar-refractivity contribution in [1.29, 1.82) is 0 Å². The second-order valence-electron chi connectivity index (χ2n) is 6.60. The largest absolute Gasteiger partial charge is 0.393 e. The maximum Gasteiger partial charge on any atom is 0.157 e. The Labute approximate surface area is 144 Å². The van der Waals surface area contributed by atoms with Crippen LogP contribution in [0.1, 0.15) is 32.1 Å². The van der Waals surface area contributed by atoms with Crippen molar-refractivity contribution >= 4 is 17.3 Å². The van der Waals surface area contributed by atoms with Gasteiger partial charge in [0.15, 0.2) is 11.6 Å². The van der Waals surface area contributed by atoms with Crippen LogP contribution >= 0.6 is 0 Å². The summed E-state index contributed by atoms with van der Waals surface area (Å²) in [4.78, 5) is 13.5. The van der Waals surface area contributed by atoms with Crippen molar-refractivity contribution in [2.75, 3.05) is 68.4 Å². The van der Waals surface area contributed by atoms with Gasteiger partial charge in [-0.3, -0.25) is 4.90 Å². The maximum atomic E-state index is 6.33. The van der Waals surface area contributed by atoms with Crippen LogP contribution in [0.4, 0.5) is 17.3 Å². The zero-order valence-corrected chi connectivity index (χ0v) is 14.5. The van der Waals surface area contributed by atoms with Gasteiger partial charge in [-0.1, -0.05) is 12.8 Å². The van der Waals surface area contributed by atoms with Crippen LogP contribution < -0.4 is 16.0 Å². The molecule has 0 saturated carbocycles. The third-order valence-electron chi connectivity index (χ3n) is 4.82. The zero-order chi connectivity index (χ0) is 16.6. The van der Waals surface area contributed by atoms with E-state index in [1.165, 1.54) is 25.7 Å². The third-order valence-corrected chi connectivity index (χ3v) is 4.82. The molecule has 3 rings (SSSR count). The fourth-order valence-electron chi connectivity index (χ4n) is 3.40. The molecule has 2 saturated heterocycles. The third kappa shape index (κ3) is 4.70. The van der Waals surface area contributed by atoms with Crippen molar-refractivity contribution in [1.82, 2.24) is 14.9 Å². The minimum absolute atomic E-state index is 0.686. The van der Waals surface area contributed by atoms with Crippen LogP contribution in [0.15, 0.2) is 6.33 Å². The highest BCUT2D eigenvalue weighted by molar-refractivity contribution is 5.74. The predicted molar refractivity (Wildman–Crippen MR) is 97.5 cm³/mol. The second kappa shape index (κ2) is 9.03. The van der Waals surface area contributed by atoms with E-state index in [1.54, 1.807) is 6.33 Å². The Hall–Kier alpha value is -1.60. The number of ether oxygens (including phenoxy) is 1. The normalized spacial score (nSPS) is 19.9. The van der Waals surface area contributed by atoms with E-state index < -0.39 is 0 Å². The van der Waals surface area contributed by atoms with Gasteiger partial charge in [-0.25, -0.2) is 9.97 Å². The Bertz CT molecular complexity index is 498. The molecule has 1 aromatic rings. The molecule has 0 unspecified atom stereocenters. The molecule has 24 heavy (non-hydrogen) atoms. The summed E-state index contributed by atoms with van der Waals surface area (Å²) >= 11 is 0. The lowest BCUT2D eigenvalue weighted by Crippen LogP contribution is -2.37. The van der Waals surface area contributed by atoms with E-state index in [4.69, 9.17) is 10.5 Å². The number of nitrogen functional groups attached to an aromatic ring is 1. The average molecular weight is 334 g/mol. The molecule has 1 aromatic heterocycles. The number of nitrogens with one attached hydrogen (secondary N) is 1. The molecule has 2 fully saturated rings. The van der Waals surface area contributed by atoms with Crippen molar-refractivity contribution in [2.45, 2.75) is 32.1 Å². The summed E-state index contributed by atoms with van der Waals surface area (Å²) in [6.45, 7) is 7.81. The summed E-state index contributed by atoms with van der Waals surface area (Å²) in [5, 5.41) is 3.39. The SMILES string of the molecule is Nc1c(NCCCN2CCOCC2)ncnc1N1CCCCCC1. The maximum absolute atomic E-state index is 6.33. The molecule has 0 bridgehead atoms. The number of hydrogen-bond donors (Lipinski definition) is 2. The zero-order valence-electron chi connectivity index (χ0n) is 14.5. The average Bonchev–Trinajstić information content (AvgIpc) is 2.90. The monoisotopic (exact) mass is 334 g/mol. The van der Waals surface area contributed by atoms with E-state index >= 15 is 0 Å². The van der Waals surface area contributed by atoms with Gasteiger partial charge in [0.2, 0.25) is 0 Å². The lowest BCUT2D eigenvalue weighted by atomic mass is 10.2. The van der Waals surface area contributed by atoms with Crippen molar-refractivity contribution in [3.05, 3.63) is 6.33 Å². The first-order valence-corrected chi connectivity index (χ1v) is 9.24. The highest BCUT2D eigenvalue weighted by atomic mass is 16.5. The van der Waals surface area contributed by atoms with E-state index in [-0.39, 0.29) is 0 Å². The van der Waals surface area contributed by atoms with Crippen molar-refractivity contribution in [2.24, 2.45) is 0 Å². The first-order chi connectivity index (χ1) is 11.8. The molecule has 0 spiro atoms. The van der Waals surface area contributed by atoms with E-state index in [2.05, 4.69) is 25.1 Å². The van der Waals surface area contributed by atoms with Crippen LogP contribution in [0.5, 0.6) is 0 Å². The van der Waals surface area contributed by atoms with Crippen LogP contribution in [0.3, 0.4) is 0 Å². The Morgan fingerprint density at radius 3 is 2.54 bits per heavy atom. The van der Waals surface area contributed by atoms with E-state index in [1.807, 2.05) is 0 Å². The summed E-state index contributed by atoms with van der Waals surface area (Å²) in [6, 6.07) is 0. The van der Waals surface area contributed by atoms with Gasteiger partial charge in [0.25, 0.3) is 0 Å². The van der Waals surface area contributed by atoms with Crippen LogP contribution in [0.2, 0.25) is 0 Å². The number of nitrogens with two attached hydrogens (primary N) is 1. The predicted octanol–water partition coefficient (Wildman–Crippen LogP) is 1.57. The number of aromatic nitrogens is 2. The molecule has 2 aliphatic heterocycles. The molecule has 3 N–H and O–H groups in total. The van der Waals surface area contributed by atoms with Crippen LogP contribution in [-0.2, 0) is 4.74 Å². The minimum atomic E-state index is 0.686. The molecule has 0 aromatic carbocycles. The Kier molecular flexibility index (Phi) is 6.48. The fraction of sp³-hybridized carbons (Fsp3) is 0.765. The highest BCUT2D eigenvalue weighted by Crippen LogP contribution is 2.27. The number of anilines is 3. The van der Waals surface area contributed by atoms with E-state index in [0.717, 1.165) is 70.5 Å². The van der Waals surface area contributed by atoms with Crippen LogP contribution in [-0.4, -0.2) is 67.4 Å². The van der Waals surface area contributed by atoms with Crippen molar-refractivity contribution < 1.29 is 4.74 Å². The number of hydrogen-bond acceptors (Lipinski definition) is 7. The molecular formula is C17H30N6O. The van der Waals surface area contributed by atoms with Crippen molar-refractivity contribution in [3.63, 3.8) is 0 Å². The van der Waals surface area contributed by atoms with Gasteiger partial charge in [0.1, 0.15) is 12.0 Å². The van der Waals surface area contributed by atoms with Gasteiger partial charge in [-0.2, -0.15) is 0 Å². The Morgan fingerprint density at radius 2 is 1.79 bits per heavy atom. The summed E-state index contributed by atoms with van der Waals surface area (Å²) < 4.78 is 5.38. The minimum Gasteiger partial charge on any atom is -0.393 e. The topological polar surface area (TPSA) is 79.5 Å². The lowest BCUT2D eigenvalue weighted by molar-refractivity contribution is 0.0378. The Morgan fingerprint density at radius 1 is 1.04 bits per heavy atom. The smallest absolute Gasteiger partial charge is 0.157 e. The molecule has 0 aliphatic carbocycles. The van der Waals surface area contributed by atoms with Gasteiger partial charge >= 0.3 is 0 Å². The van der Waals surface area contributed by atoms with Gasteiger partial charge in [-0.15, -0.1) is 0 Å². The molecule has 2 aliphatic rings. The fourth-order valence-corrected chi connectivity index (χ4v) is 3.40. The van der Waals surface area contributed by atoms with Crippen LogP contribution in [0, 0.1) is 0 Å². The quantitative estimate of drug-likeness (QED) is 0.765. The Balaban J connectivity index is 1.50. The molecule has 0 radical (unpaired) electrons. The number of rotatable bonds is 6. The summed E-state index contributed by atoms with van der Waals surface area (Å²) in [5.41, 5.74) is 7.02. The van der Waals surface area contributed by atoms with Gasteiger partial charge in [0.05, 0.1) is 13.2 Å². The van der Waals surface area contributed by atoms with Crippen molar-refractivity contribution in [3.8, 4) is 0 Å². The highest BCUT2D eigenvalue weighted by Gasteiger charge is 2.16. The second-order valence-corrected chi connectivity index (χ2v) is 6.60. The first-order valence-electron chi connectivity index (χ1n) is 9.24.